The lowest BCUT2D eigenvalue weighted by atomic mass is 10.1. The fourth-order valence-electron chi connectivity index (χ4n) is 1.38. The van der Waals surface area contributed by atoms with Crippen molar-refractivity contribution < 1.29 is 0 Å². The average molecular weight is 199 g/mol. The van der Waals surface area contributed by atoms with E-state index in [1.54, 1.807) is 18.6 Å². The van der Waals surface area contributed by atoms with Crippen LogP contribution in [0.1, 0.15) is 18.5 Å². The van der Waals surface area contributed by atoms with Crippen LogP contribution in [0.25, 0.3) is 11.3 Å². The topological polar surface area (TPSA) is 51.8 Å². The SMILES string of the molecule is CC(N)c1cncc(-c2ccccn2)c1. The highest BCUT2D eigenvalue weighted by molar-refractivity contribution is 5.58. The Morgan fingerprint density at radius 2 is 2.13 bits per heavy atom. The summed E-state index contributed by atoms with van der Waals surface area (Å²) in [5, 5.41) is 0. The van der Waals surface area contributed by atoms with E-state index in [-0.39, 0.29) is 6.04 Å². The smallest absolute Gasteiger partial charge is 0.0717 e. The molecule has 0 amide bonds. The Bertz CT molecular complexity index is 438. The van der Waals surface area contributed by atoms with E-state index in [0.29, 0.717) is 0 Å². The summed E-state index contributed by atoms with van der Waals surface area (Å²) in [4.78, 5) is 8.43. The van der Waals surface area contributed by atoms with Gasteiger partial charge in [-0.05, 0) is 30.7 Å². The third kappa shape index (κ3) is 2.19. The van der Waals surface area contributed by atoms with Crippen LogP contribution in [-0.2, 0) is 0 Å². The molecule has 0 aromatic carbocycles. The maximum Gasteiger partial charge on any atom is 0.0717 e. The van der Waals surface area contributed by atoms with Crippen molar-refractivity contribution >= 4 is 0 Å². The summed E-state index contributed by atoms with van der Waals surface area (Å²) in [7, 11) is 0. The van der Waals surface area contributed by atoms with Gasteiger partial charge in [-0.15, -0.1) is 0 Å². The molecule has 0 saturated heterocycles. The summed E-state index contributed by atoms with van der Waals surface area (Å²) in [5.74, 6) is 0. The van der Waals surface area contributed by atoms with Gasteiger partial charge in [0.2, 0.25) is 0 Å². The van der Waals surface area contributed by atoms with Gasteiger partial charge in [0.25, 0.3) is 0 Å². The zero-order chi connectivity index (χ0) is 10.7. The summed E-state index contributed by atoms with van der Waals surface area (Å²) in [6, 6.07) is 7.84. The first-order valence-electron chi connectivity index (χ1n) is 4.89. The van der Waals surface area contributed by atoms with E-state index in [9.17, 15) is 0 Å². The normalized spacial score (nSPS) is 12.4. The molecular formula is C12H13N3. The van der Waals surface area contributed by atoms with Crippen molar-refractivity contribution in [1.82, 2.24) is 9.97 Å². The van der Waals surface area contributed by atoms with E-state index < -0.39 is 0 Å². The van der Waals surface area contributed by atoms with Gasteiger partial charge in [0.05, 0.1) is 5.69 Å². The summed E-state index contributed by atoms with van der Waals surface area (Å²) >= 11 is 0. The minimum atomic E-state index is 0.00108. The first-order valence-corrected chi connectivity index (χ1v) is 4.89. The fraction of sp³-hybridized carbons (Fsp3) is 0.167. The maximum absolute atomic E-state index is 5.80. The number of aromatic nitrogens is 2. The second-order valence-corrected chi connectivity index (χ2v) is 3.51. The van der Waals surface area contributed by atoms with Gasteiger partial charge in [0, 0.05) is 30.2 Å². The molecule has 15 heavy (non-hydrogen) atoms. The predicted molar refractivity (Wildman–Crippen MR) is 60.1 cm³/mol. The molecule has 2 aromatic heterocycles. The Balaban J connectivity index is 2.42. The summed E-state index contributed by atoms with van der Waals surface area (Å²) in [5.41, 5.74) is 8.75. The van der Waals surface area contributed by atoms with Gasteiger partial charge in [0.1, 0.15) is 0 Å². The molecule has 76 valence electrons. The van der Waals surface area contributed by atoms with E-state index >= 15 is 0 Å². The highest BCUT2D eigenvalue weighted by atomic mass is 14.7. The molecule has 2 heterocycles. The maximum atomic E-state index is 5.80. The number of nitrogens with two attached hydrogens (primary N) is 1. The van der Waals surface area contributed by atoms with Crippen LogP contribution in [-0.4, -0.2) is 9.97 Å². The van der Waals surface area contributed by atoms with Crippen LogP contribution >= 0.6 is 0 Å². The van der Waals surface area contributed by atoms with Gasteiger partial charge < -0.3 is 5.73 Å². The molecule has 0 aliphatic rings. The van der Waals surface area contributed by atoms with Crippen LogP contribution in [0.2, 0.25) is 0 Å². The van der Waals surface area contributed by atoms with Gasteiger partial charge in [0.15, 0.2) is 0 Å². The first kappa shape index (κ1) is 9.80. The molecule has 2 N–H and O–H groups in total. The molecule has 1 unspecified atom stereocenters. The van der Waals surface area contributed by atoms with E-state index in [0.717, 1.165) is 16.8 Å². The Morgan fingerprint density at radius 3 is 2.80 bits per heavy atom. The van der Waals surface area contributed by atoms with E-state index in [4.69, 9.17) is 5.73 Å². The lowest BCUT2D eigenvalue weighted by molar-refractivity contribution is 0.812. The van der Waals surface area contributed by atoms with Crippen molar-refractivity contribution in [3.8, 4) is 11.3 Å². The van der Waals surface area contributed by atoms with Gasteiger partial charge in [-0.2, -0.15) is 0 Å². The summed E-state index contributed by atoms with van der Waals surface area (Å²) in [6.45, 7) is 1.94. The quantitative estimate of drug-likeness (QED) is 0.806. The molecule has 0 bridgehead atoms. The first-order chi connectivity index (χ1) is 7.27. The third-order valence-corrected chi connectivity index (χ3v) is 2.25. The van der Waals surface area contributed by atoms with Crippen LogP contribution in [0.15, 0.2) is 42.9 Å². The van der Waals surface area contributed by atoms with Crippen LogP contribution in [0, 0.1) is 0 Å². The summed E-state index contributed by atoms with van der Waals surface area (Å²) < 4.78 is 0. The lowest BCUT2D eigenvalue weighted by Gasteiger charge is -2.06. The second-order valence-electron chi connectivity index (χ2n) is 3.51. The zero-order valence-electron chi connectivity index (χ0n) is 8.59. The molecule has 0 spiro atoms. The average Bonchev–Trinajstić information content (AvgIpc) is 2.30. The van der Waals surface area contributed by atoms with Crippen molar-refractivity contribution in [2.45, 2.75) is 13.0 Å². The van der Waals surface area contributed by atoms with Crippen molar-refractivity contribution in [2.75, 3.05) is 0 Å². The largest absolute Gasteiger partial charge is 0.324 e. The Labute approximate surface area is 89.0 Å². The zero-order valence-corrected chi connectivity index (χ0v) is 8.59. The number of rotatable bonds is 2. The number of nitrogens with zero attached hydrogens (tertiary/aromatic N) is 2. The molecule has 0 aliphatic heterocycles. The predicted octanol–water partition coefficient (Wildman–Crippen LogP) is 2.16. The fourth-order valence-corrected chi connectivity index (χ4v) is 1.38. The Hall–Kier alpha value is -1.74. The Kier molecular flexibility index (Phi) is 2.74. The van der Waals surface area contributed by atoms with E-state index in [1.807, 2.05) is 31.2 Å². The van der Waals surface area contributed by atoms with E-state index in [1.165, 1.54) is 0 Å². The van der Waals surface area contributed by atoms with Crippen LogP contribution in [0.5, 0.6) is 0 Å². The van der Waals surface area contributed by atoms with E-state index in [2.05, 4.69) is 9.97 Å². The molecule has 0 aliphatic carbocycles. The molecule has 3 nitrogen and oxygen atoms in total. The Morgan fingerprint density at radius 1 is 1.27 bits per heavy atom. The molecule has 2 aromatic rings. The molecular weight excluding hydrogens is 186 g/mol. The standard InChI is InChI=1S/C12H13N3/c1-9(13)10-6-11(8-14-7-10)12-4-2-3-5-15-12/h2-9H,13H2,1H3. The highest BCUT2D eigenvalue weighted by Gasteiger charge is 2.03. The molecule has 0 saturated carbocycles. The number of hydrogen-bond acceptors (Lipinski definition) is 3. The second kappa shape index (κ2) is 4.19. The number of pyridine rings is 2. The van der Waals surface area contributed by atoms with Gasteiger partial charge >= 0.3 is 0 Å². The lowest BCUT2D eigenvalue weighted by Crippen LogP contribution is -2.05. The van der Waals surface area contributed by atoms with Crippen LogP contribution < -0.4 is 5.73 Å². The van der Waals surface area contributed by atoms with Crippen molar-refractivity contribution in [3.05, 3.63) is 48.4 Å². The number of hydrogen-bond donors (Lipinski definition) is 1. The van der Waals surface area contributed by atoms with Gasteiger partial charge in [-0.3, -0.25) is 9.97 Å². The van der Waals surface area contributed by atoms with Crippen LogP contribution in [0.3, 0.4) is 0 Å². The molecule has 0 radical (unpaired) electrons. The molecule has 3 heteroatoms. The van der Waals surface area contributed by atoms with Crippen molar-refractivity contribution in [2.24, 2.45) is 5.73 Å². The third-order valence-electron chi connectivity index (χ3n) is 2.25. The minimum Gasteiger partial charge on any atom is -0.324 e. The molecule has 1 atom stereocenters. The monoisotopic (exact) mass is 199 g/mol. The van der Waals surface area contributed by atoms with Crippen molar-refractivity contribution in [1.29, 1.82) is 0 Å². The van der Waals surface area contributed by atoms with Crippen LogP contribution in [0.4, 0.5) is 0 Å². The molecule has 2 rings (SSSR count). The van der Waals surface area contributed by atoms with Crippen molar-refractivity contribution in [3.63, 3.8) is 0 Å². The summed E-state index contributed by atoms with van der Waals surface area (Å²) in [6.07, 6.45) is 5.36. The van der Waals surface area contributed by atoms with Gasteiger partial charge in [-0.25, -0.2) is 0 Å². The van der Waals surface area contributed by atoms with Gasteiger partial charge in [-0.1, -0.05) is 6.07 Å². The minimum absolute atomic E-state index is 0.00108. The molecule has 0 fully saturated rings. The highest BCUT2D eigenvalue weighted by Crippen LogP contribution is 2.18.